The second kappa shape index (κ2) is 8.36. The summed E-state index contributed by atoms with van der Waals surface area (Å²) in [5.41, 5.74) is -0.820. The monoisotopic (exact) mass is 540 g/mol. The van der Waals surface area contributed by atoms with Crippen LogP contribution in [0, 0.1) is 10.1 Å². The molecule has 1 unspecified atom stereocenters. The van der Waals surface area contributed by atoms with Crippen LogP contribution in [-0.2, 0) is 0 Å². The van der Waals surface area contributed by atoms with Crippen LogP contribution in [0.1, 0.15) is 21.2 Å². The van der Waals surface area contributed by atoms with Crippen molar-refractivity contribution in [3.63, 3.8) is 0 Å². The van der Waals surface area contributed by atoms with E-state index >= 15 is 0 Å². The zero-order valence-electron chi connectivity index (χ0n) is 18.6. The minimum atomic E-state index is -5.27. The van der Waals surface area contributed by atoms with Crippen molar-refractivity contribution in [3.05, 3.63) is 69.9 Å². The predicted octanol–water partition coefficient (Wildman–Crippen LogP) is 6.58. The molecule has 0 N–H and O–H groups in total. The van der Waals surface area contributed by atoms with Gasteiger partial charge in [0, 0.05) is 47.1 Å². The molecule has 0 fully saturated rings. The van der Waals surface area contributed by atoms with E-state index in [0.29, 0.717) is 17.4 Å². The average molecular weight is 540 g/mol. The number of carbonyl (C=O) groups is 1. The third-order valence-electron chi connectivity index (χ3n) is 6.00. The lowest BCUT2D eigenvalue weighted by molar-refractivity contribution is -0.384. The lowest BCUT2D eigenvalue weighted by Gasteiger charge is -2.35. The first-order chi connectivity index (χ1) is 17.3. The number of Topliss-reactive ketones (excluding diaryl/α,β-unsaturated/α-hetero) is 1. The van der Waals surface area contributed by atoms with Gasteiger partial charge in [0.15, 0.2) is 0 Å². The summed E-state index contributed by atoms with van der Waals surface area (Å²) in [6.07, 6.45) is -8.59. The van der Waals surface area contributed by atoms with Crippen LogP contribution in [0.25, 0.3) is 27.4 Å². The Morgan fingerprint density at radius 1 is 1.11 bits per heavy atom. The van der Waals surface area contributed by atoms with Gasteiger partial charge in [-0.15, -0.1) is 11.8 Å². The molecule has 0 saturated heterocycles. The van der Waals surface area contributed by atoms with Gasteiger partial charge < -0.3 is 4.90 Å². The van der Waals surface area contributed by atoms with Crippen LogP contribution in [-0.4, -0.2) is 45.8 Å². The van der Waals surface area contributed by atoms with Crippen molar-refractivity contribution in [1.29, 1.82) is 0 Å². The van der Waals surface area contributed by atoms with Crippen LogP contribution >= 0.6 is 11.8 Å². The number of thioether (sulfide) groups is 1. The van der Waals surface area contributed by atoms with Crippen LogP contribution in [0.2, 0.25) is 0 Å². The molecule has 5 rings (SSSR count). The Balaban J connectivity index is 1.82. The molecular weight excluding hydrogens is 526 g/mol. The zero-order valence-corrected chi connectivity index (χ0v) is 19.4. The highest BCUT2D eigenvalue weighted by atomic mass is 32.2. The molecule has 0 aliphatic carbocycles. The van der Waals surface area contributed by atoms with E-state index in [2.05, 4.69) is 5.10 Å². The van der Waals surface area contributed by atoms with Crippen LogP contribution in [0.15, 0.2) is 48.7 Å². The number of aromatic nitrogens is 2. The van der Waals surface area contributed by atoms with Gasteiger partial charge >= 0.3 is 12.4 Å². The average Bonchev–Trinajstić information content (AvgIpc) is 3.26. The second-order valence-corrected chi connectivity index (χ2v) is 9.44. The van der Waals surface area contributed by atoms with Crippen molar-refractivity contribution in [1.82, 2.24) is 9.78 Å². The first-order valence-corrected chi connectivity index (χ1v) is 11.6. The molecule has 1 aliphatic rings. The number of rotatable bonds is 3. The van der Waals surface area contributed by atoms with Crippen LogP contribution in [0.5, 0.6) is 0 Å². The Hall–Kier alpha value is -3.81. The number of ketones is 1. The van der Waals surface area contributed by atoms with Gasteiger partial charge in [-0.2, -0.15) is 31.4 Å². The lowest BCUT2D eigenvalue weighted by Crippen LogP contribution is -2.31. The molecule has 0 bridgehead atoms. The maximum atomic E-state index is 13.8. The maximum absolute atomic E-state index is 13.8. The summed E-state index contributed by atoms with van der Waals surface area (Å²) in [6.45, 7) is 0. The molecule has 1 atom stereocenters. The van der Waals surface area contributed by atoms with Crippen molar-refractivity contribution in [2.75, 3.05) is 17.8 Å². The highest BCUT2D eigenvalue weighted by molar-refractivity contribution is 7.99. The van der Waals surface area contributed by atoms with Crippen LogP contribution < -0.4 is 4.90 Å². The first-order valence-electron chi connectivity index (χ1n) is 10.5. The molecule has 4 aromatic rings. The minimum Gasteiger partial charge on any atom is -0.365 e. The normalized spacial score (nSPS) is 16.3. The number of benzene rings is 3. The largest absolute Gasteiger partial charge is 0.454 e. The van der Waals surface area contributed by atoms with E-state index < -0.39 is 33.9 Å². The number of nitro benzene ring substituents is 1. The number of nitro groups is 1. The number of anilines is 1. The molecule has 3 aromatic carbocycles. The molecular formula is C23H14F6N4O3S. The Kier molecular flexibility index (Phi) is 5.62. The van der Waals surface area contributed by atoms with E-state index in [4.69, 9.17) is 0 Å². The second-order valence-electron chi connectivity index (χ2n) is 8.38. The molecule has 0 saturated carbocycles. The summed E-state index contributed by atoms with van der Waals surface area (Å²) in [5.74, 6) is -2.35. The summed E-state index contributed by atoms with van der Waals surface area (Å²) >= 11 is 0.584. The third-order valence-corrected chi connectivity index (χ3v) is 7.39. The molecule has 37 heavy (non-hydrogen) atoms. The van der Waals surface area contributed by atoms with Gasteiger partial charge in [0.1, 0.15) is 10.8 Å². The summed E-state index contributed by atoms with van der Waals surface area (Å²) in [6, 6.07) is 8.63. The minimum absolute atomic E-state index is 0.0733. The Labute approximate surface area is 207 Å². The SMILES string of the molecule is CN1CSC(C(F)(F)F)c2ccc3c(c(C(=O)C(F)(F)F)cc4cn(-c5ccc([N+](=O)[O-])cc5)nc43)c21. The van der Waals surface area contributed by atoms with Crippen LogP contribution in [0.3, 0.4) is 0 Å². The standard InChI is InChI=1S/C23H14F6N4O3S/c1-31-10-37-21(23(27,28)29)15-7-6-14-17(19(15)31)16(20(34)22(24,25)26)8-11-9-32(30-18(11)14)12-2-4-13(5-3-12)33(35)36/h2-9,21H,10H2,1H3. The number of hydrogen-bond acceptors (Lipinski definition) is 6. The summed E-state index contributed by atoms with van der Waals surface area (Å²) < 4.78 is 83.4. The Morgan fingerprint density at radius 2 is 1.78 bits per heavy atom. The maximum Gasteiger partial charge on any atom is 0.454 e. The molecule has 0 spiro atoms. The molecule has 14 heteroatoms. The number of halogens is 6. The molecule has 7 nitrogen and oxygen atoms in total. The molecule has 0 amide bonds. The summed E-state index contributed by atoms with van der Waals surface area (Å²) in [4.78, 5) is 24.2. The number of fused-ring (bicyclic) bond motifs is 5. The predicted molar refractivity (Wildman–Crippen MR) is 125 cm³/mol. The molecule has 1 aliphatic heterocycles. The highest BCUT2D eigenvalue weighted by Crippen LogP contribution is 2.53. The number of alkyl halides is 6. The topological polar surface area (TPSA) is 81.3 Å². The van der Waals surface area contributed by atoms with Gasteiger partial charge in [0.05, 0.1) is 22.2 Å². The lowest BCUT2D eigenvalue weighted by atomic mass is 9.93. The third kappa shape index (κ3) is 4.14. The smallest absolute Gasteiger partial charge is 0.365 e. The summed E-state index contributed by atoms with van der Waals surface area (Å²) in [7, 11) is 1.44. The fourth-order valence-corrected chi connectivity index (χ4v) is 5.49. The fraction of sp³-hybridized carbons (Fsp3) is 0.217. The van der Waals surface area contributed by atoms with E-state index in [0.717, 1.165) is 6.07 Å². The highest BCUT2D eigenvalue weighted by Gasteiger charge is 2.46. The van der Waals surface area contributed by atoms with E-state index in [9.17, 15) is 41.3 Å². The van der Waals surface area contributed by atoms with E-state index in [1.54, 1.807) is 0 Å². The van der Waals surface area contributed by atoms with Gasteiger partial charge in [-0.05, 0) is 23.8 Å². The van der Waals surface area contributed by atoms with Gasteiger partial charge in [0.2, 0.25) is 0 Å². The Bertz CT molecular complexity index is 1580. The molecule has 0 radical (unpaired) electrons. The van der Waals surface area contributed by atoms with Crippen molar-refractivity contribution >= 4 is 50.6 Å². The number of carbonyl (C=O) groups excluding carboxylic acids is 1. The Morgan fingerprint density at radius 3 is 2.38 bits per heavy atom. The van der Waals surface area contributed by atoms with E-state index in [-0.39, 0.29) is 44.5 Å². The van der Waals surface area contributed by atoms with Crippen molar-refractivity contribution in [2.45, 2.75) is 17.6 Å². The van der Waals surface area contributed by atoms with Crippen molar-refractivity contribution in [3.8, 4) is 5.69 Å². The quantitative estimate of drug-likeness (QED) is 0.126. The van der Waals surface area contributed by atoms with E-state index in [1.807, 2.05) is 0 Å². The zero-order chi connectivity index (χ0) is 26.9. The number of nitrogens with zero attached hydrogens (tertiary/aromatic N) is 4. The summed E-state index contributed by atoms with van der Waals surface area (Å²) in [5, 5.41) is 13.3. The number of hydrogen-bond donors (Lipinski definition) is 0. The molecule has 1 aromatic heterocycles. The molecule has 192 valence electrons. The number of non-ortho nitro benzene ring substituents is 1. The molecule has 2 heterocycles. The van der Waals surface area contributed by atoms with Gasteiger partial charge in [-0.3, -0.25) is 14.9 Å². The first kappa shape index (κ1) is 24.9. The van der Waals surface area contributed by atoms with Crippen molar-refractivity contribution in [2.24, 2.45) is 0 Å². The van der Waals surface area contributed by atoms with E-state index in [1.165, 1.54) is 59.2 Å². The van der Waals surface area contributed by atoms with Gasteiger partial charge in [-0.25, -0.2) is 4.68 Å². The fourth-order valence-electron chi connectivity index (χ4n) is 4.43. The van der Waals surface area contributed by atoms with Gasteiger partial charge in [-0.1, -0.05) is 12.1 Å². The van der Waals surface area contributed by atoms with Gasteiger partial charge in [0.25, 0.3) is 11.5 Å². The van der Waals surface area contributed by atoms with Crippen LogP contribution in [0.4, 0.5) is 37.7 Å². The van der Waals surface area contributed by atoms with Crippen molar-refractivity contribution < 1.29 is 36.1 Å².